The normalized spacial score (nSPS) is 12.3. The number of rotatable bonds is 3. The maximum atomic E-state index is 9.60. The van der Waals surface area contributed by atoms with Crippen LogP contribution in [0.4, 0.5) is 0 Å². The lowest BCUT2D eigenvalue weighted by molar-refractivity contribution is 0.339. The third kappa shape index (κ3) is 1.90. The maximum absolute atomic E-state index is 9.60. The Morgan fingerprint density at radius 3 is 1.93 bits per heavy atom. The van der Waals surface area contributed by atoms with Crippen molar-refractivity contribution in [2.45, 2.75) is 13.0 Å². The predicted octanol–water partition coefficient (Wildman–Crippen LogP) is 1.43. The number of hydrogen-bond donors (Lipinski definition) is 2. The molecule has 0 saturated heterocycles. The minimum absolute atomic E-state index is 0.000556. The van der Waals surface area contributed by atoms with Crippen molar-refractivity contribution >= 4 is 0 Å². The van der Waals surface area contributed by atoms with Crippen LogP contribution in [-0.4, -0.2) is 19.3 Å². The van der Waals surface area contributed by atoms with Gasteiger partial charge in [0.2, 0.25) is 5.75 Å². The molecule has 0 fully saturated rings. The van der Waals surface area contributed by atoms with Crippen molar-refractivity contribution in [1.29, 1.82) is 0 Å². The molecule has 0 bridgehead atoms. The molecule has 0 unspecified atom stereocenters. The first-order chi connectivity index (χ1) is 6.60. The third-order valence-corrected chi connectivity index (χ3v) is 2.03. The van der Waals surface area contributed by atoms with Gasteiger partial charge in [0.25, 0.3) is 0 Å². The summed E-state index contributed by atoms with van der Waals surface area (Å²) in [7, 11) is 2.97. The monoisotopic (exact) mass is 197 g/mol. The first-order valence-corrected chi connectivity index (χ1v) is 4.30. The summed E-state index contributed by atoms with van der Waals surface area (Å²) in [4.78, 5) is 0. The number of phenolic OH excluding ortho intramolecular Hbond substituents is 1. The summed E-state index contributed by atoms with van der Waals surface area (Å²) in [6, 6.07) is 3.27. The fourth-order valence-electron chi connectivity index (χ4n) is 1.18. The lowest BCUT2D eigenvalue weighted by atomic mass is 10.1. The molecule has 78 valence electrons. The van der Waals surface area contributed by atoms with Crippen LogP contribution in [0, 0.1) is 0 Å². The number of methoxy groups -OCH3 is 2. The Bertz CT molecular complexity index is 298. The standard InChI is InChI=1S/C10H15NO3/c1-6(11)7-4-8(13-2)10(12)9(5-7)14-3/h4-6,12H,11H2,1-3H3/t6-/m1/s1. The molecule has 14 heavy (non-hydrogen) atoms. The second-order valence-corrected chi connectivity index (χ2v) is 3.06. The van der Waals surface area contributed by atoms with E-state index >= 15 is 0 Å². The molecule has 4 heteroatoms. The molecule has 1 rings (SSSR count). The van der Waals surface area contributed by atoms with E-state index in [2.05, 4.69) is 0 Å². The molecule has 1 aromatic carbocycles. The number of benzene rings is 1. The number of phenols is 1. The van der Waals surface area contributed by atoms with E-state index in [0.717, 1.165) is 5.56 Å². The Kier molecular flexibility index (Phi) is 3.19. The van der Waals surface area contributed by atoms with Gasteiger partial charge in [-0.1, -0.05) is 0 Å². The highest BCUT2D eigenvalue weighted by atomic mass is 16.5. The van der Waals surface area contributed by atoms with Crippen molar-refractivity contribution < 1.29 is 14.6 Å². The van der Waals surface area contributed by atoms with E-state index in [1.54, 1.807) is 12.1 Å². The Labute approximate surface area is 83.3 Å². The van der Waals surface area contributed by atoms with Gasteiger partial charge >= 0.3 is 0 Å². The zero-order valence-electron chi connectivity index (χ0n) is 8.57. The lowest BCUT2D eigenvalue weighted by Crippen LogP contribution is -2.05. The largest absolute Gasteiger partial charge is 0.502 e. The molecule has 0 aliphatic carbocycles. The Morgan fingerprint density at radius 1 is 1.21 bits per heavy atom. The average Bonchev–Trinajstić information content (AvgIpc) is 2.17. The van der Waals surface area contributed by atoms with E-state index in [-0.39, 0.29) is 11.8 Å². The molecule has 0 amide bonds. The van der Waals surface area contributed by atoms with E-state index in [0.29, 0.717) is 11.5 Å². The highest BCUT2D eigenvalue weighted by Gasteiger charge is 2.12. The highest BCUT2D eigenvalue weighted by molar-refractivity contribution is 5.53. The van der Waals surface area contributed by atoms with Crippen molar-refractivity contribution in [2.75, 3.05) is 14.2 Å². The summed E-state index contributed by atoms with van der Waals surface area (Å²) in [5.41, 5.74) is 6.58. The summed E-state index contributed by atoms with van der Waals surface area (Å²) >= 11 is 0. The highest BCUT2D eigenvalue weighted by Crippen LogP contribution is 2.38. The molecule has 1 atom stereocenters. The second kappa shape index (κ2) is 4.19. The average molecular weight is 197 g/mol. The summed E-state index contributed by atoms with van der Waals surface area (Å²) in [5.74, 6) is 0.743. The van der Waals surface area contributed by atoms with Gasteiger partial charge < -0.3 is 20.3 Å². The molecule has 0 radical (unpaired) electrons. The molecular formula is C10H15NO3. The molecule has 0 heterocycles. The van der Waals surface area contributed by atoms with Crippen LogP contribution < -0.4 is 15.2 Å². The quantitative estimate of drug-likeness (QED) is 0.769. The maximum Gasteiger partial charge on any atom is 0.200 e. The Hall–Kier alpha value is -1.42. The van der Waals surface area contributed by atoms with Crippen LogP contribution in [0.25, 0.3) is 0 Å². The van der Waals surface area contributed by atoms with Gasteiger partial charge in [-0.2, -0.15) is 0 Å². The zero-order valence-corrected chi connectivity index (χ0v) is 8.57. The van der Waals surface area contributed by atoms with Gasteiger partial charge in [0, 0.05) is 6.04 Å². The van der Waals surface area contributed by atoms with Gasteiger partial charge in [-0.3, -0.25) is 0 Å². The summed E-state index contributed by atoms with van der Waals surface area (Å²) in [6.45, 7) is 1.85. The van der Waals surface area contributed by atoms with E-state index in [4.69, 9.17) is 15.2 Å². The van der Waals surface area contributed by atoms with Crippen molar-refractivity contribution in [3.05, 3.63) is 17.7 Å². The number of hydrogen-bond acceptors (Lipinski definition) is 4. The van der Waals surface area contributed by atoms with Gasteiger partial charge in [0.15, 0.2) is 11.5 Å². The van der Waals surface area contributed by atoms with Crippen LogP contribution in [0.15, 0.2) is 12.1 Å². The van der Waals surface area contributed by atoms with Crippen molar-refractivity contribution in [1.82, 2.24) is 0 Å². The van der Waals surface area contributed by atoms with Gasteiger partial charge in [0.1, 0.15) is 0 Å². The zero-order chi connectivity index (χ0) is 10.7. The Morgan fingerprint density at radius 2 is 1.64 bits per heavy atom. The van der Waals surface area contributed by atoms with Crippen LogP contribution in [0.3, 0.4) is 0 Å². The molecule has 0 aromatic heterocycles. The van der Waals surface area contributed by atoms with E-state index < -0.39 is 0 Å². The molecule has 0 aliphatic heterocycles. The van der Waals surface area contributed by atoms with Gasteiger partial charge in [-0.15, -0.1) is 0 Å². The predicted molar refractivity (Wildman–Crippen MR) is 53.8 cm³/mol. The number of nitrogens with two attached hydrogens (primary N) is 1. The van der Waals surface area contributed by atoms with Gasteiger partial charge in [0.05, 0.1) is 14.2 Å². The number of ether oxygens (including phenoxy) is 2. The third-order valence-electron chi connectivity index (χ3n) is 2.03. The molecule has 4 nitrogen and oxygen atoms in total. The minimum Gasteiger partial charge on any atom is -0.502 e. The topological polar surface area (TPSA) is 64.7 Å². The van der Waals surface area contributed by atoms with Gasteiger partial charge in [-0.05, 0) is 24.6 Å². The molecule has 1 aromatic rings. The van der Waals surface area contributed by atoms with Crippen LogP contribution in [-0.2, 0) is 0 Å². The van der Waals surface area contributed by atoms with Crippen molar-refractivity contribution in [2.24, 2.45) is 5.73 Å². The molecule has 0 spiro atoms. The Balaban J connectivity index is 3.25. The molecule has 0 saturated carbocycles. The number of aromatic hydroxyl groups is 1. The second-order valence-electron chi connectivity index (χ2n) is 3.06. The van der Waals surface area contributed by atoms with Gasteiger partial charge in [-0.25, -0.2) is 0 Å². The van der Waals surface area contributed by atoms with Crippen molar-refractivity contribution in [3.63, 3.8) is 0 Å². The smallest absolute Gasteiger partial charge is 0.200 e. The van der Waals surface area contributed by atoms with Crippen LogP contribution >= 0.6 is 0 Å². The summed E-state index contributed by atoms with van der Waals surface area (Å²) in [5, 5.41) is 9.60. The van der Waals surface area contributed by atoms with Crippen LogP contribution in [0.1, 0.15) is 18.5 Å². The lowest BCUT2D eigenvalue weighted by Gasteiger charge is -2.12. The SMILES string of the molecule is COc1cc([C@@H](C)N)cc(OC)c1O. The van der Waals surface area contributed by atoms with E-state index in [1.165, 1.54) is 14.2 Å². The van der Waals surface area contributed by atoms with Crippen LogP contribution in [0.2, 0.25) is 0 Å². The fraction of sp³-hybridized carbons (Fsp3) is 0.400. The minimum atomic E-state index is -0.126. The first-order valence-electron chi connectivity index (χ1n) is 4.30. The first kappa shape index (κ1) is 10.7. The summed E-state index contributed by atoms with van der Waals surface area (Å²) in [6.07, 6.45) is 0. The van der Waals surface area contributed by atoms with E-state index in [1.807, 2.05) is 6.92 Å². The molecule has 3 N–H and O–H groups in total. The molecule has 0 aliphatic rings. The van der Waals surface area contributed by atoms with Crippen LogP contribution in [0.5, 0.6) is 17.2 Å². The molecular weight excluding hydrogens is 182 g/mol. The summed E-state index contributed by atoms with van der Waals surface area (Å²) < 4.78 is 9.99. The fourth-order valence-corrected chi connectivity index (χ4v) is 1.18. The van der Waals surface area contributed by atoms with E-state index in [9.17, 15) is 5.11 Å². The van der Waals surface area contributed by atoms with Crippen molar-refractivity contribution in [3.8, 4) is 17.2 Å².